The molecule has 1 atom stereocenters. The first-order valence-electron chi connectivity index (χ1n) is 6.55. The van der Waals surface area contributed by atoms with Gasteiger partial charge in [0.1, 0.15) is 0 Å². The third-order valence-corrected chi connectivity index (χ3v) is 5.02. The van der Waals surface area contributed by atoms with E-state index in [9.17, 15) is 0 Å². The smallest absolute Gasteiger partial charge is 0.0378 e. The molecule has 1 saturated carbocycles. The fourth-order valence-corrected chi connectivity index (χ4v) is 3.73. The third kappa shape index (κ3) is 3.86. The molecule has 18 heavy (non-hydrogen) atoms. The average Bonchev–Trinajstić information content (AvgIpc) is 2.90. The summed E-state index contributed by atoms with van der Waals surface area (Å²) in [5.74, 6) is 6.67. The first kappa shape index (κ1) is 13.6. The highest BCUT2D eigenvalue weighted by Crippen LogP contribution is 2.30. The van der Waals surface area contributed by atoms with E-state index < -0.39 is 0 Å². The highest BCUT2D eigenvalue weighted by molar-refractivity contribution is 7.99. The summed E-state index contributed by atoms with van der Waals surface area (Å²) in [5.41, 5.74) is 10.7. The highest BCUT2D eigenvalue weighted by atomic mass is 32.2. The van der Waals surface area contributed by atoms with E-state index in [1.54, 1.807) is 6.20 Å². The van der Waals surface area contributed by atoms with Crippen LogP contribution in [0.2, 0.25) is 0 Å². The fraction of sp³-hybridized carbons (Fsp3) is 0.615. The van der Waals surface area contributed by atoms with Crippen molar-refractivity contribution < 1.29 is 0 Å². The van der Waals surface area contributed by atoms with E-state index in [4.69, 9.17) is 11.6 Å². The second kappa shape index (κ2) is 6.97. The van der Waals surface area contributed by atoms with Crippen LogP contribution >= 0.6 is 11.8 Å². The second-order valence-electron chi connectivity index (χ2n) is 4.88. The molecule has 1 aliphatic carbocycles. The Hall–Kier alpha value is -0.780. The Morgan fingerprint density at radius 3 is 2.89 bits per heavy atom. The lowest BCUT2D eigenvalue weighted by molar-refractivity contribution is 0.574. The molecular weight excluding hydrogens is 244 g/mol. The molecule has 0 spiro atoms. The number of nitrogens with one attached hydrogen (secondary N) is 1. The van der Waals surface area contributed by atoms with Crippen LogP contribution in [-0.2, 0) is 6.42 Å². The zero-order valence-electron chi connectivity index (χ0n) is 10.6. The van der Waals surface area contributed by atoms with Crippen LogP contribution in [0.25, 0.3) is 0 Å². The summed E-state index contributed by atoms with van der Waals surface area (Å²) in [6.07, 6.45) is 9.88. The Bertz CT molecular complexity index is 366. The number of nitrogen functional groups attached to an aromatic ring is 1. The summed E-state index contributed by atoms with van der Waals surface area (Å²) in [4.78, 5) is 4.12. The lowest BCUT2D eigenvalue weighted by atomic mass is 10.1. The van der Waals surface area contributed by atoms with E-state index in [1.165, 1.54) is 25.7 Å². The zero-order chi connectivity index (χ0) is 12.8. The van der Waals surface area contributed by atoms with Gasteiger partial charge in [-0.3, -0.25) is 16.3 Å². The number of aromatic nitrogens is 1. The molecule has 0 amide bonds. The van der Waals surface area contributed by atoms with Crippen LogP contribution in [0, 0.1) is 0 Å². The third-order valence-electron chi connectivity index (χ3n) is 3.48. The predicted molar refractivity (Wildman–Crippen MR) is 78.2 cm³/mol. The van der Waals surface area contributed by atoms with Gasteiger partial charge in [-0.1, -0.05) is 12.8 Å². The van der Waals surface area contributed by atoms with E-state index in [1.807, 2.05) is 24.0 Å². The maximum Gasteiger partial charge on any atom is 0.0378 e. The Labute approximate surface area is 113 Å². The molecule has 0 aliphatic heterocycles. The first-order valence-corrected chi connectivity index (χ1v) is 7.60. The van der Waals surface area contributed by atoms with Gasteiger partial charge in [-0.25, -0.2) is 0 Å². The van der Waals surface area contributed by atoms with Crippen molar-refractivity contribution in [1.29, 1.82) is 0 Å². The maximum absolute atomic E-state index is 5.93. The summed E-state index contributed by atoms with van der Waals surface area (Å²) in [7, 11) is 0. The van der Waals surface area contributed by atoms with Crippen LogP contribution in [0.15, 0.2) is 18.5 Å². The molecule has 1 fully saturated rings. The lowest BCUT2D eigenvalue weighted by Gasteiger charge is -2.18. The van der Waals surface area contributed by atoms with Gasteiger partial charge in [0.2, 0.25) is 0 Å². The van der Waals surface area contributed by atoms with Crippen molar-refractivity contribution in [2.24, 2.45) is 5.84 Å². The summed E-state index contributed by atoms with van der Waals surface area (Å²) >= 11 is 2.04. The molecule has 1 unspecified atom stereocenters. The quantitative estimate of drug-likeness (QED) is 0.540. The molecule has 0 radical (unpaired) electrons. The van der Waals surface area contributed by atoms with E-state index in [-0.39, 0.29) is 6.04 Å². The van der Waals surface area contributed by atoms with Crippen LogP contribution in [-0.4, -0.2) is 22.0 Å². The number of anilines is 1. The summed E-state index contributed by atoms with van der Waals surface area (Å²) in [6, 6.07) is 2.11. The summed E-state index contributed by atoms with van der Waals surface area (Å²) in [5, 5.41) is 0.826. The number of nitrogens with two attached hydrogens (primary N) is 2. The van der Waals surface area contributed by atoms with Crippen molar-refractivity contribution >= 4 is 17.4 Å². The van der Waals surface area contributed by atoms with Gasteiger partial charge in [0, 0.05) is 35.1 Å². The molecule has 0 aromatic carbocycles. The van der Waals surface area contributed by atoms with Crippen LogP contribution in [0.3, 0.4) is 0 Å². The van der Waals surface area contributed by atoms with Crippen LogP contribution in [0.1, 0.15) is 31.2 Å². The predicted octanol–water partition coefficient (Wildman–Crippen LogP) is 1.71. The van der Waals surface area contributed by atoms with Gasteiger partial charge in [0.25, 0.3) is 0 Å². The van der Waals surface area contributed by atoms with E-state index in [0.717, 1.165) is 28.7 Å². The number of nitrogens with zero attached hydrogens (tertiary/aromatic N) is 1. The number of pyridine rings is 1. The minimum atomic E-state index is 0.266. The Morgan fingerprint density at radius 1 is 1.44 bits per heavy atom. The number of rotatable bonds is 6. The van der Waals surface area contributed by atoms with Gasteiger partial charge in [0.15, 0.2) is 0 Å². The molecule has 2 rings (SSSR count). The topological polar surface area (TPSA) is 77.0 Å². The average molecular weight is 266 g/mol. The molecule has 1 aromatic rings. The van der Waals surface area contributed by atoms with Crippen molar-refractivity contribution in [2.75, 3.05) is 11.5 Å². The number of thioether (sulfide) groups is 1. The largest absolute Gasteiger partial charge is 0.398 e. The van der Waals surface area contributed by atoms with Crippen molar-refractivity contribution in [3.05, 3.63) is 24.0 Å². The van der Waals surface area contributed by atoms with Gasteiger partial charge in [-0.05, 0) is 30.9 Å². The fourth-order valence-electron chi connectivity index (χ4n) is 2.35. The lowest BCUT2D eigenvalue weighted by Crippen LogP contribution is -2.39. The Morgan fingerprint density at radius 2 is 2.22 bits per heavy atom. The molecule has 0 bridgehead atoms. The van der Waals surface area contributed by atoms with Crippen molar-refractivity contribution in [3.63, 3.8) is 0 Å². The van der Waals surface area contributed by atoms with Crippen LogP contribution < -0.4 is 17.0 Å². The van der Waals surface area contributed by atoms with Gasteiger partial charge < -0.3 is 5.73 Å². The van der Waals surface area contributed by atoms with Crippen LogP contribution in [0.5, 0.6) is 0 Å². The molecule has 100 valence electrons. The number of hydrogen-bond acceptors (Lipinski definition) is 5. The van der Waals surface area contributed by atoms with Crippen molar-refractivity contribution in [3.8, 4) is 0 Å². The number of hydrogen-bond donors (Lipinski definition) is 3. The Balaban J connectivity index is 1.83. The minimum Gasteiger partial charge on any atom is -0.398 e. The van der Waals surface area contributed by atoms with E-state index in [0.29, 0.717) is 0 Å². The molecule has 0 saturated heterocycles. The summed E-state index contributed by atoms with van der Waals surface area (Å²) < 4.78 is 0. The molecule has 5 N–H and O–H groups in total. The monoisotopic (exact) mass is 266 g/mol. The maximum atomic E-state index is 5.93. The SMILES string of the molecule is NNC(CSC1CCCC1)Cc1cnccc1N. The molecule has 4 nitrogen and oxygen atoms in total. The van der Waals surface area contributed by atoms with E-state index in [2.05, 4.69) is 10.4 Å². The highest BCUT2D eigenvalue weighted by Gasteiger charge is 2.18. The van der Waals surface area contributed by atoms with Gasteiger partial charge in [-0.2, -0.15) is 11.8 Å². The number of hydrazine groups is 1. The molecular formula is C13H22N4S. The van der Waals surface area contributed by atoms with Gasteiger partial charge in [0.05, 0.1) is 0 Å². The molecule has 5 heteroatoms. The van der Waals surface area contributed by atoms with Gasteiger partial charge in [-0.15, -0.1) is 0 Å². The van der Waals surface area contributed by atoms with Crippen molar-refractivity contribution in [1.82, 2.24) is 10.4 Å². The van der Waals surface area contributed by atoms with Gasteiger partial charge >= 0.3 is 0 Å². The first-order chi connectivity index (χ1) is 8.79. The second-order valence-corrected chi connectivity index (χ2v) is 6.22. The Kier molecular flexibility index (Phi) is 5.28. The molecule has 1 aliphatic rings. The van der Waals surface area contributed by atoms with Crippen molar-refractivity contribution in [2.45, 2.75) is 43.4 Å². The minimum absolute atomic E-state index is 0.266. The normalized spacial score (nSPS) is 18.1. The van der Waals surface area contributed by atoms with Crippen LogP contribution in [0.4, 0.5) is 5.69 Å². The standard InChI is InChI=1S/C13H22N4S/c14-13-5-6-16-8-10(13)7-11(17-15)9-18-12-3-1-2-4-12/h5-6,8,11-12,17H,1-4,7,9,15H2,(H2,14,16). The zero-order valence-corrected chi connectivity index (χ0v) is 11.5. The summed E-state index contributed by atoms with van der Waals surface area (Å²) in [6.45, 7) is 0. The molecule has 1 aromatic heterocycles. The molecule has 1 heterocycles. The van der Waals surface area contributed by atoms with E-state index >= 15 is 0 Å².